The molecule has 0 aliphatic heterocycles. The summed E-state index contributed by atoms with van der Waals surface area (Å²) in [6.45, 7) is 0. The number of hydrogen-bond acceptors (Lipinski definition) is 6. The second-order valence-corrected chi connectivity index (χ2v) is 7.38. The quantitative estimate of drug-likeness (QED) is 0.453. The fourth-order valence-corrected chi connectivity index (χ4v) is 4.18. The lowest BCUT2D eigenvalue weighted by Gasteiger charge is -2.00. The van der Waals surface area contributed by atoms with Crippen LogP contribution in [-0.4, -0.2) is 35.1 Å². The van der Waals surface area contributed by atoms with Crippen molar-refractivity contribution in [2.45, 2.75) is 0 Å². The number of rotatable bonds is 3. The number of H-pyrrole nitrogens is 2. The van der Waals surface area contributed by atoms with Gasteiger partial charge in [0.15, 0.2) is 5.65 Å². The molecule has 6 aromatic heterocycles. The Morgan fingerprint density at radius 1 is 0.828 bits per heavy atom. The molecule has 0 aromatic carbocycles. The molecule has 0 saturated heterocycles. The zero-order chi connectivity index (χ0) is 19.2. The van der Waals surface area contributed by atoms with Gasteiger partial charge in [-0.15, -0.1) is 0 Å². The van der Waals surface area contributed by atoms with Gasteiger partial charge in [-0.25, -0.2) is 9.97 Å². The summed E-state index contributed by atoms with van der Waals surface area (Å²) in [5.74, 6) is 0. The van der Waals surface area contributed by atoms with E-state index < -0.39 is 0 Å². The Balaban J connectivity index is 1.53. The first kappa shape index (κ1) is 16.1. The van der Waals surface area contributed by atoms with E-state index in [1.165, 1.54) is 5.56 Å². The largest absolute Gasteiger partial charge is 0.338 e. The Kier molecular flexibility index (Phi) is 3.50. The monoisotopic (exact) mass is 395 g/mol. The first-order valence-corrected chi connectivity index (χ1v) is 9.92. The number of thiophene rings is 1. The molecule has 0 aliphatic carbocycles. The van der Waals surface area contributed by atoms with Gasteiger partial charge >= 0.3 is 0 Å². The van der Waals surface area contributed by atoms with Gasteiger partial charge in [0.25, 0.3) is 0 Å². The summed E-state index contributed by atoms with van der Waals surface area (Å²) in [6, 6.07) is 8.29. The molecule has 6 heterocycles. The molecule has 6 aromatic rings. The van der Waals surface area contributed by atoms with Gasteiger partial charge < -0.3 is 4.98 Å². The highest BCUT2D eigenvalue weighted by atomic mass is 32.1. The molecule has 0 spiro atoms. The van der Waals surface area contributed by atoms with E-state index in [1.54, 1.807) is 36.1 Å². The van der Waals surface area contributed by atoms with Gasteiger partial charge in [0.1, 0.15) is 11.3 Å². The zero-order valence-electron chi connectivity index (χ0n) is 15.0. The molecule has 0 unspecified atom stereocenters. The van der Waals surface area contributed by atoms with Crippen LogP contribution in [0.3, 0.4) is 0 Å². The van der Waals surface area contributed by atoms with Gasteiger partial charge in [-0.2, -0.15) is 16.4 Å². The molecular weight excluding hydrogens is 382 g/mol. The van der Waals surface area contributed by atoms with E-state index in [9.17, 15) is 0 Å². The Morgan fingerprint density at radius 2 is 1.83 bits per heavy atom. The van der Waals surface area contributed by atoms with Gasteiger partial charge in [-0.3, -0.25) is 15.1 Å². The predicted octanol–water partition coefficient (Wildman–Crippen LogP) is 4.69. The van der Waals surface area contributed by atoms with E-state index in [2.05, 4.69) is 58.0 Å². The lowest BCUT2D eigenvalue weighted by Crippen LogP contribution is -1.86. The van der Waals surface area contributed by atoms with Crippen LogP contribution in [0.2, 0.25) is 0 Å². The Morgan fingerprint density at radius 3 is 2.69 bits per heavy atom. The standard InChI is InChI=1S/C21H13N7S/c1-3-24-20-15(14(1)12-2-6-29-11-12)8-17(26-20)19-16-7-13(9-25-21(16)28-27-19)18-10-22-4-5-23-18/h1-11H,(H,24,26)(H,25,27,28). The van der Waals surface area contributed by atoms with Gasteiger partial charge in [0.2, 0.25) is 0 Å². The van der Waals surface area contributed by atoms with Crippen LogP contribution in [0.15, 0.2) is 66.0 Å². The molecule has 0 saturated carbocycles. The molecule has 138 valence electrons. The van der Waals surface area contributed by atoms with Crippen LogP contribution in [-0.2, 0) is 0 Å². The van der Waals surface area contributed by atoms with E-state index in [-0.39, 0.29) is 0 Å². The van der Waals surface area contributed by atoms with Crippen LogP contribution < -0.4 is 0 Å². The number of nitrogens with one attached hydrogen (secondary N) is 2. The average molecular weight is 395 g/mol. The number of aromatic amines is 2. The highest BCUT2D eigenvalue weighted by molar-refractivity contribution is 7.08. The second kappa shape index (κ2) is 6.32. The predicted molar refractivity (Wildman–Crippen MR) is 113 cm³/mol. The second-order valence-electron chi connectivity index (χ2n) is 6.60. The normalized spacial score (nSPS) is 11.4. The van der Waals surface area contributed by atoms with Crippen LogP contribution in [0.4, 0.5) is 0 Å². The third-order valence-corrected chi connectivity index (χ3v) is 5.58. The molecule has 0 radical (unpaired) electrons. The van der Waals surface area contributed by atoms with Gasteiger partial charge in [-0.05, 0) is 46.2 Å². The van der Waals surface area contributed by atoms with Crippen molar-refractivity contribution in [2.75, 3.05) is 0 Å². The van der Waals surface area contributed by atoms with E-state index >= 15 is 0 Å². The SMILES string of the molecule is c1cnc(-c2cnc3[nH]nc(-c4cc5c(-c6ccsc6)ccnc5[nH]4)c3c2)cn1. The zero-order valence-corrected chi connectivity index (χ0v) is 15.8. The number of aromatic nitrogens is 7. The fourth-order valence-electron chi connectivity index (χ4n) is 3.52. The summed E-state index contributed by atoms with van der Waals surface area (Å²) < 4.78 is 0. The Bertz CT molecular complexity index is 1450. The number of fused-ring (bicyclic) bond motifs is 2. The van der Waals surface area contributed by atoms with Crippen molar-refractivity contribution in [3.05, 3.63) is 66.0 Å². The average Bonchev–Trinajstić information content (AvgIpc) is 3.52. The summed E-state index contributed by atoms with van der Waals surface area (Å²) in [7, 11) is 0. The summed E-state index contributed by atoms with van der Waals surface area (Å²) in [5, 5.41) is 13.7. The third kappa shape index (κ3) is 2.61. The van der Waals surface area contributed by atoms with E-state index in [0.717, 1.165) is 50.3 Å². The minimum atomic E-state index is 0.720. The molecule has 6 rings (SSSR count). The molecule has 7 nitrogen and oxygen atoms in total. The molecule has 0 bridgehead atoms. The molecular formula is C21H13N7S. The molecule has 29 heavy (non-hydrogen) atoms. The number of pyridine rings is 2. The van der Waals surface area contributed by atoms with Crippen LogP contribution in [0, 0.1) is 0 Å². The molecule has 0 aliphatic rings. The van der Waals surface area contributed by atoms with Crippen molar-refractivity contribution in [1.82, 2.24) is 35.1 Å². The van der Waals surface area contributed by atoms with Crippen molar-refractivity contribution in [3.8, 4) is 33.8 Å². The highest BCUT2D eigenvalue weighted by Crippen LogP contribution is 2.34. The van der Waals surface area contributed by atoms with Crippen molar-refractivity contribution < 1.29 is 0 Å². The van der Waals surface area contributed by atoms with Crippen molar-refractivity contribution in [1.29, 1.82) is 0 Å². The Hall–Kier alpha value is -3.91. The van der Waals surface area contributed by atoms with Crippen LogP contribution in [0.25, 0.3) is 55.8 Å². The minimum absolute atomic E-state index is 0.720. The lowest BCUT2D eigenvalue weighted by atomic mass is 10.1. The van der Waals surface area contributed by atoms with Crippen molar-refractivity contribution in [2.24, 2.45) is 0 Å². The maximum atomic E-state index is 4.51. The van der Waals surface area contributed by atoms with Gasteiger partial charge in [0.05, 0.1) is 17.6 Å². The molecule has 2 N–H and O–H groups in total. The summed E-state index contributed by atoms with van der Waals surface area (Å²) in [4.78, 5) is 20.9. The minimum Gasteiger partial charge on any atom is -0.338 e. The first-order valence-electron chi connectivity index (χ1n) is 8.98. The molecule has 8 heteroatoms. The molecule has 0 atom stereocenters. The Labute approximate surface area is 168 Å². The smallest absolute Gasteiger partial charge is 0.155 e. The first-order chi connectivity index (χ1) is 14.4. The van der Waals surface area contributed by atoms with E-state index in [1.807, 2.05) is 18.3 Å². The summed E-state index contributed by atoms with van der Waals surface area (Å²) in [6.07, 6.45) is 8.65. The van der Waals surface area contributed by atoms with Crippen molar-refractivity contribution >= 4 is 33.4 Å². The van der Waals surface area contributed by atoms with Crippen LogP contribution in [0.5, 0.6) is 0 Å². The summed E-state index contributed by atoms with van der Waals surface area (Å²) >= 11 is 1.68. The fraction of sp³-hybridized carbons (Fsp3) is 0. The van der Waals surface area contributed by atoms with Gasteiger partial charge in [0, 0.05) is 41.1 Å². The van der Waals surface area contributed by atoms with Crippen molar-refractivity contribution in [3.63, 3.8) is 0 Å². The van der Waals surface area contributed by atoms with E-state index in [4.69, 9.17) is 0 Å². The number of hydrogen-bond donors (Lipinski definition) is 2. The third-order valence-electron chi connectivity index (χ3n) is 4.89. The van der Waals surface area contributed by atoms with Crippen LogP contribution >= 0.6 is 11.3 Å². The lowest BCUT2D eigenvalue weighted by molar-refractivity contribution is 1.10. The highest BCUT2D eigenvalue weighted by Gasteiger charge is 2.15. The number of nitrogens with zero attached hydrogens (tertiary/aromatic N) is 5. The maximum absolute atomic E-state index is 4.51. The van der Waals surface area contributed by atoms with E-state index in [0.29, 0.717) is 0 Å². The molecule has 0 amide bonds. The maximum Gasteiger partial charge on any atom is 0.155 e. The van der Waals surface area contributed by atoms with Crippen LogP contribution in [0.1, 0.15) is 0 Å². The van der Waals surface area contributed by atoms with Gasteiger partial charge in [-0.1, -0.05) is 0 Å². The summed E-state index contributed by atoms with van der Waals surface area (Å²) in [5.41, 5.74) is 7.24. The molecule has 0 fully saturated rings. The topological polar surface area (TPSA) is 96.0 Å².